The number of pyridine rings is 1. The molecule has 4 saturated heterocycles. The number of fused-ring (bicyclic) bond motifs is 5. The first-order valence-corrected chi connectivity index (χ1v) is 16.4. The second-order valence-corrected chi connectivity index (χ2v) is 13.4. The van der Waals surface area contributed by atoms with Crippen molar-refractivity contribution in [2.24, 2.45) is 0 Å². The van der Waals surface area contributed by atoms with Crippen LogP contribution in [0.1, 0.15) is 38.5 Å². The topological polar surface area (TPSA) is 107 Å². The number of benzene rings is 2. The van der Waals surface area contributed by atoms with E-state index in [-0.39, 0.29) is 40.6 Å². The predicted octanol–water partition coefficient (Wildman–Crippen LogP) is 5.62. The van der Waals surface area contributed by atoms with Crippen molar-refractivity contribution in [3.63, 3.8) is 0 Å². The zero-order chi connectivity index (χ0) is 33.2. The molecule has 4 aliphatic heterocycles. The molecule has 0 saturated carbocycles. The van der Waals surface area contributed by atoms with Crippen LogP contribution in [0.2, 0.25) is 0 Å². The predicted molar refractivity (Wildman–Crippen MR) is 170 cm³/mol. The van der Waals surface area contributed by atoms with E-state index in [9.17, 15) is 23.1 Å². The minimum absolute atomic E-state index is 0.0114. The van der Waals surface area contributed by atoms with Crippen LogP contribution in [0.5, 0.6) is 11.8 Å². The van der Waals surface area contributed by atoms with Gasteiger partial charge in [0.05, 0.1) is 23.0 Å². The van der Waals surface area contributed by atoms with Crippen molar-refractivity contribution in [3.05, 3.63) is 48.4 Å². The minimum atomic E-state index is -4.51. The Balaban J connectivity index is 1.18. The van der Waals surface area contributed by atoms with Crippen molar-refractivity contribution in [1.82, 2.24) is 30.1 Å². The van der Waals surface area contributed by atoms with E-state index in [0.717, 1.165) is 44.2 Å². The maximum Gasteiger partial charge on any atom is 0.405 e. The molecule has 4 fully saturated rings. The minimum Gasteiger partial charge on any atom is -0.508 e. The molecule has 4 aromatic rings. The SMILES string of the molecule is O=C(NCC(F)(F)F)N1[C@@H]2CC[C@H]1CN(c1nc(OCC34CCCN3CCC4)nc3c(F)c(-c4cc(O)cc5ccccc45)ncc13)C2. The third-order valence-electron chi connectivity index (χ3n) is 10.5. The van der Waals surface area contributed by atoms with Crippen LogP contribution in [0, 0.1) is 5.82 Å². The molecule has 252 valence electrons. The molecule has 14 heteroatoms. The summed E-state index contributed by atoms with van der Waals surface area (Å²) in [5, 5.41) is 14.3. The number of phenolic OH excluding ortho intramolecular Hbond substituents is 1. The number of hydrogen-bond donors (Lipinski definition) is 2. The average Bonchev–Trinajstić information content (AvgIpc) is 3.72. The summed E-state index contributed by atoms with van der Waals surface area (Å²) < 4.78 is 61.6. The fourth-order valence-corrected chi connectivity index (χ4v) is 8.34. The third-order valence-corrected chi connectivity index (χ3v) is 10.5. The van der Waals surface area contributed by atoms with Gasteiger partial charge in [0.2, 0.25) is 0 Å². The third kappa shape index (κ3) is 5.39. The standard InChI is InChI=1S/C34H35F4N7O3/c35-27-28(25-14-23(46)13-20-5-1-2-6-24(20)25)39-15-26-29(27)41-31(48-19-33-9-3-11-44(33)12-4-10-33)42-30(26)43-16-21-7-8-22(17-43)45(21)32(47)40-18-34(36,37)38/h1-2,5-6,13-15,21-22,46H,3-4,7-12,16-19H2,(H,40,47)/t21-,22+. The Labute approximate surface area is 273 Å². The van der Waals surface area contributed by atoms with E-state index in [1.165, 1.54) is 17.2 Å². The van der Waals surface area contributed by atoms with Crippen LogP contribution in [0.4, 0.5) is 28.2 Å². The van der Waals surface area contributed by atoms with Crippen LogP contribution in [-0.2, 0) is 0 Å². The van der Waals surface area contributed by atoms with Gasteiger partial charge < -0.3 is 25.0 Å². The number of nitrogens with one attached hydrogen (secondary N) is 1. The molecule has 2 aromatic heterocycles. The number of nitrogens with zero attached hydrogens (tertiary/aromatic N) is 6. The van der Waals surface area contributed by atoms with Crippen LogP contribution in [0.15, 0.2) is 42.6 Å². The highest BCUT2D eigenvalue weighted by atomic mass is 19.4. The lowest BCUT2D eigenvalue weighted by atomic mass is 9.95. The molecule has 0 spiro atoms. The average molecular weight is 666 g/mol. The molecule has 2 amide bonds. The van der Waals surface area contributed by atoms with E-state index in [2.05, 4.69) is 14.9 Å². The van der Waals surface area contributed by atoms with Crippen LogP contribution < -0.4 is 15.0 Å². The van der Waals surface area contributed by atoms with E-state index in [1.807, 2.05) is 34.5 Å². The quantitative estimate of drug-likeness (QED) is 0.256. The second kappa shape index (κ2) is 11.6. The summed E-state index contributed by atoms with van der Waals surface area (Å²) in [7, 11) is 0. The number of carbonyl (C=O) groups is 1. The molecule has 10 nitrogen and oxygen atoms in total. The number of aromatic nitrogens is 3. The van der Waals surface area contributed by atoms with Crippen molar-refractivity contribution in [1.29, 1.82) is 0 Å². The molecular weight excluding hydrogens is 630 g/mol. The van der Waals surface area contributed by atoms with Gasteiger partial charge in [0, 0.05) is 24.8 Å². The number of phenols is 1. The lowest BCUT2D eigenvalue weighted by Gasteiger charge is -2.41. The van der Waals surface area contributed by atoms with E-state index in [4.69, 9.17) is 9.72 Å². The Morgan fingerprint density at radius 3 is 2.50 bits per heavy atom. The highest BCUT2D eigenvalue weighted by molar-refractivity contribution is 6.00. The molecule has 2 N–H and O–H groups in total. The largest absolute Gasteiger partial charge is 0.508 e. The lowest BCUT2D eigenvalue weighted by molar-refractivity contribution is -0.123. The number of carbonyl (C=O) groups excluding carboxylic acids is 1. The van der Waals surface area contributed by atoms with Crippen LogP contribution in [-0.4, -0.2) is 99.0 Å². The summed E-state index contributed by atoms with van der Waals surface area (Å²) in [6, 6.07) is 8.99. The smallest absolute Gasteiger partial charge is 0.405 e. The van der Waals surface area contributed by atoms with Crippen LogP contribution in [0.3, 0.4) is 0 Å². The van der Waals surface area contributed by atoms with Gasteiger partial charge in [0.1, 0.15) is 35.9 Å². The number of amides is 2. The van der Waals surface area contributed by atoms with Crippen molar-refractivity contribution in [3.8, 4) is 23.0 Å². The molecule has 8 rings (SSSR count). The Morgan fingerprint density at radius 1 is 1.04 bits per heavy atom. The number of aromatic hydroxyl groups is 1. The van der Waals surface area contributed by atoms with Gasteiger partial charge in [0.25, 0.3) is 0 Å². The fraction of sp³-hybridized carbons (Fsp3) is 0.471. The molecule has 0 aliphatic carbocycles. The molecule has 0 radical (unpaired) electrons. The Kier molecular flexibility index (Phi) is 7.46. The number of urea groups is 1. The monoisotopic (exact) mass is 665 g/mol. The zero-order valence-electron chi connectivity index (χ0n) is 26.1. The summed E-state index contributed by atoms with van der Waals surface area (Å²) in [4.78, 5) is 32.6. The van der Waals surface area contributed by atoms with Gasteiger partial charge in [-0.05, 0) is 74.5 Å². The maximum atomic E-state index is 16.7. The number of hydrogen-bond acceptors (Lipinski definition) is 8. The van der Waals surface area contributed by atoms with Gasteiger partial charge in [-0.15, -0.1) is 0 Å². The van der Waals surface area contributed by atoms with E-state index < -0.39 is 24.6 Å². The first-order valence-electron chi connectivity index (χ1n) is 16.4. The Bertz CT molecular complexity index is 1880. The number of piperazine rings is 1. The molecular formula is C34H35F4N7O3. The van der Waals surface area contributed by atoms with Crippen molar-refractivity contribution in [2.45, 2.75) is 62.3 Å². The van der Waals surface area contributed by atoms with Crippen molar-refractivity contribution in [2.75, 3.05) is 44.2 Å². The lowest BCUT2D eigenvalue weighted by Crippen LogP contribution is -2.59. The molecule has 2 atom stereocenters. The maximum absolute atomic E-state index is 16.7. The van der Waals surface area contributed by atoms with E-state index in [0.29, 0.717) is 54.7 Å². The zero-order valence-corrected chi connectivity index (χ0v) is 26.1. The molecule has 48 heavy (non-hydrogen) atoms. The first kappa shape index (κ1) is 30.8. The van der Waals surface area contributed by atoms with Gasteiger partial charge in [0.15, 0.2) is 5.82 Å². The van der Waals surface area contributed by atoms with Gasteiger partial charge in [-0.25, -0.2) is 9.18 Å². The highest BCUT2D eigenvalue weighted by Crippen LogP contribution is 2.41. The van der Waals surface area contributed by atoms with Gasteiger partial charge >= 0.3 is 18.2 Å². The van der Waals surface area contributed by atoms with E-state index >= 15 is 4.39 Å². The first-order chi connectivity index (χ1) is 23.1. The normalized spacial score (nSPS) is 22.1. The van der Waals surface area contributed by atoms with Gasteiger partial charge in [-0.1, -0.05) is 24.3 Å². The van der Waals surface area contributed by atoms with Crippen LogP contribution in [0.25, 0.3) is 32.9 Å². The van der Waals surface area contributed by atoms with Crippen molar-refractivity contribution < 1.29 is 32.2 Å². The Morgan fingerprint density at radius 2 is 1.77 bits per heavy atom. The second-order valence-electron chi connectivity index (χ2n) is 13.4. The summed E-state index contributed by atoms with van der Waals surface area (Å²) >= 11 is 0. The summed E-state index contributed by atoms with van der Waals surface area (Å²) in [5.74, 6) is -0.318. The number of alkyl halides is 3. The summed E-state index contributed by atoms with van der Waals surface area (Å²) in [6.07, 6.45) is 2.41. The number of halogens is 4. The summed E-state index contributed by atoms with van der Waals surface area (Å²) in [5.41, 5.74) is 0.343. The Hall–Kier alpha value is -4.46. The number of rotatable bonds is 6. The fourth-order valence-electron chi connectivity index (χ4n) is 8.34. The molecule has 0 unspecified atom stereocenters. The van der Waals surface area contributed by atoms with Gasteiger partial charge in [-0.3, -0.25) is 9.88 Å². The van der Waals surface area contributed by atoms with Crippen molar-refractivity contribution >= 4 is 33.5 Å². The number of anilines is 1. The molecule has 4 aliphatic rings. The van der Waals surface area contributed by atoms with E-state index in [1.54, 1.807) is 6.07 Å². The molecule has 6 heterocycles. The molecule has 2 bridgehead atoms. The van der Waals surface area contributed by atoms with Crippen LogP contribution >= 0.6 is 0 Å². The highest BCUT2D eigenvalue weighted by Gasteiger charge is 2.46. The summed E-state index contributed by atoms with van der Waals surface area (Å²) in [6.45, 7) is 1.58. The molecule has 2 aromatic carbocycles. The van der Waals surface area contributed by atoms with Gasteiger partial charge in [-0.2, -0.15) is 23.1 Å². The number of ether oxygens (including phenoxy) is 1.